The molecule has 0 bridgehead atoms. The second-order valence-corrected chi connectivity index (χ2v) is 4.20. The molecule has 3 nitrogen and oxygen atoms in total. The van der Waals surface area contributed by atoms with Crippen molar-refractivity contribution in [1.29, 1.82) is 0 Å². The van der Waals surface area contributed by atoms with Gasteiger partial charge in [-0.15, -0.1) is 0 Å². The van der Waals surface area contributed by atoms with Gasteiger partial charge in [0.15, 0.2) is 12.5 Å². The Morgan fingerprint density at radius 2 is 1.26 bits per heavy atom. The van der Waals surface area contributed by atoms with E-state index in [2.05, 4.69) is 27.7 Å². The molecule has 0 aliphatic rings. The molecule has 0 aromatic carbocycles. The normalized spacial score (nSPS) is 15.5. The fourth-order valence-electron chi connectivity index (χ4n) is 1.90. The van der Waals surface area contributed by atoms with Gasteiger partial charge in [-0.05, 0) is 27.7 Å². The number of quaternary nitrogens is 1. The fourth-order valence-corrected chi connectivity index (χ4v) is 1.90. The summed E-state index contributed by atoms with van der Waals surface area (Å²) >= 11 is 0. The van der Waals surface area contributed by atoms with Gasteiger partial charge in [0.05, 0.1) is 19.6 Å². The molecule has 0 aliphatic carbocycles. The zero-order chi connectivity index (χ0) is 15.7. The van der Waals surface area contributed by atoms with Crippen molar-refractivity contribution in [3.63, 3.8) is 0 Å². The minimum atomic E-state index is -6.00. The average Bonchev–Trinajstić information content (AvgIpc) is 2.29. The lowest BCUT2D eigenvalue weighted by Crippen LogP contribution is -2.55. The first-order valence-corrected chi connectivity index (χ1v) is 6.47. The van der Waals surface area contributed by atoms with Crippen molar-refractivity contribution in [3.8, 4) is 0 Å². The number of rotatable bonds is 7. The maximum Gasteiger partial charge on any atom is 0.673 e. The first-order chi connectivity index (χ1) is 8.56. The van der Waals surface area contributed by atoms with Crippen molar-refractivity contribution in [1.82, 2.24) is 0 Å². The molecule has 0 amide bonds. The molecule has 0 rings (SSSR count). The van der Waals surface area contributed by atoms with Crippen LogP contribution in [-0.2, 0) is 9.47 Å². The Kier molecular flexibility index (Phi) is 10.5. The molecular weight excluding hydrogens is 265 g/mol. The summed E-state index contributed by atoms with van der Waals surface area (Å²) in [4.78, 5) is 0. The molecule has 0 radical (unpaired) electrons. The third kappa shape index (κ3) is 10.2. The van der Waals surface area contributed by atoms with E-state index in [1.807, 2.05) is 6.92 Å². The summed E-state index contributed by atoms with van der Waals surface area (Å²) in [5, 5.41) is 0. The summed E-state index contributed by atoms with van der Waals surface area (Å²) in [7, 11) is -4.32. The van der Waals surface area contributed by atoms with Gasteiger partial charge in [0, 0.05) is 14.0 Å². The summed E-state index contributed by atoms with van der Waals surface area (Å²) in [6, 6.07) is 0. The molecule has 0 heterocycles. The second kappa shape index (κ2) is 9.55. The average molecular weight is 291 g/mol. The highest BCUT2D eigenvalue weighted by Gasteiger charge is 2.30. The quantitative estimate of drug-likeness (QED) is 0.309. The molecule has 0 fully saturated rings. The predicted molar refractivity (Wildman–Crippen MR) is 69.1 cm³/mol. The zero-order valence-electron chi connectivity index (χ0n) is 12.6. The first kappa shape index (κ1) is 21.0. The van der Waals surface area contributed by atoms with Gasteiger partial charge in [-0.2, -0.15) is 0 Å². The van der Waals surface area contributed by atoms with Gasteiger partial charge in [0.1, 0.15) is 0 Å². The maximum atomic E-state index is 9.75. The Bertz CT molecular complexity index is 211. The number of ether oxygens (including phenoxy) is 2. The highest BCUT2D eigenvalue weighted by atomic mass is 19.5. The van der Waals surface area contributed by atoms with Crippen LogP contribution in [0.4, 0.5) is 17.3 Å². The van der Waals surface area contributed by atoms with Crippen LogP contribution in [0.3, 0.4) is 0 Å². The second-order valence-electron chi connectivity index (χ2n) is 4.20. The van der Waals surface area contributed by atoms with E-state index in [-0.39, 0.29) is 12.5 Å². The van der Waals surface area contributed by atoms with Crippen molar-refractivity contribution in [2.75, 3.05) is 26.7 Å². The molecule has 2 atom stereocenters. The topological polar surface area (TPSA) is 18.5 Å². The van der Waals surface area contributed by atoms with Gasteiger partial charge < -0.3 is 26.7 Å². The molecule has 19 heavy (non-hydrogen) atoms. The summed E-state index contributed by atoms with van der Waals surface area (Å²) in [5.74, 6) is 0. The minimum Gasteiger partial charge on any atom is -0.418 e. The van der Waals surface area contributed by atoms with E-state index >= 15 is 0 Å². The number of hydrogen-bond acceptors (Lipinski definition) is 2. The first-order valence-electron chi connectivity index (χ1n) is 6.47. The zero-order valence-corrected chi connectivity index (χ0v) is 12.6. The van der Waals surface area contributed by atoms with Crippen LogP contribution in [0.15, 0.2) is 0 Å². The fraction of sp³-hybridized carbons (Fsp3) is 1.00. The molecule has 118 valence electrons. The Balaban J connectivity index is 0. The largest absolute Gasteiger partial charge is 0.673 e. The molecule has 0 aliphatic heterocycles. The summed E-state index contributed by atoms with van der Waals surface area (Å²) in [6.45, 7) is 14.0. The molecule has 0 saturated carbocycles. The minimum absolute atomic E-state index is 0.118. The Hall–Kier alpha value is -0.335. The lowest BCUT2D eigenvalue weighted by Gasteiger charge is -2.41. The SMILES string of the molecule is CC[N+](CC)(CC)C(C)OC(C)OC.F[B-](F)(F)F. The molecule has 0 N–H and O–H groups in total. The van der Waals surface area contributed by atoms with E-state index < -0.39 is 7.25 Å². The molecule has 0 aromatic rings. The van der Waals surface area contributed by atoms with Gasteiger partial charge >= 0.3 is 7.25 Å². The highest BCUT2D eigenvalue weighted by molar-refractivity contribution is 6.50. The smallest absolute Gasteiger partial charge is 0.418 e. The maximum absolute atomic E-state index is 9.75. The van der Waals surface area contributed by atoms with E-state index in [1.54, 1.807) is 7.11 Å². The van der Waals surface area contributed by atoms with Gasteiger partial charge in [-0.1, -0.05) is 0 Å². The third-order valence-corrected chi connectivity index (χ3v) is 3.38. The summed E-state index contributed by atoms with van der Waals surface area (Å²) < 4.78 is 50.9. The summed E-state index contributed by atoms with van der Waals surface area (Å²) in [5.41, 5.74) is 0. The Labute approximate surface area is 113 Å². The predicted octanol–water partition coefficient (Wildman–Crippen LogP) is 3.52. The van der Waals surface area contributed by atoms with E-state index in [4.69, 9.17) is 9.47 Å². The lowest BCUT2D eigenvalue weighted by atomic mass is 10.3. The monoisotopic (exact) mass is 291 g/mol. The standard InChI is InChI=1S/C11H26NO2.BF4/c1-7-12(8-2,9-3)10(4)14-11(5)13-6;2-1(3,4)5/h10-11H,7-9H2,1-6H3;/q+1;-1. The van der Waals surface area contributed by atoms with E-state index in [9.17, 15) is 17.3 Å². The number of nitrogens with zero attached hydrogens (tertiary/aromatic N) is 1. The van der Waals surface area contributed by atoms with Crippen LogP contribution in [0.2, 0.25) is 0 Å². The van der Waals surface area contributed by atoms with E-state index in [1.165, 1.54) is 0 Å². The van der Waals surface area contributed by atoms with Crippen LogP contribution < -0.4 is 0 Å². The van der Waals surface area contributed by atoms with Crippen molar-refractivity contribution >= 4 is 7.25 Å². The van der Waals surface area contributed by atoms with Crippen LogP contribution in [0, 0.1) is 0 Å². The van der Waals surface area contributed by atoms with Crippen LogP contribution in [0.25, 0.3) is 0 Å². The van der Waals surface area contributed by atoms with Crippen LogP contribution >= 0.6 is 0 Å². The van der Waals surface area contributed by atoms with Crippen LogP contribution in [0.1, 0.15) is 34.6 Å². The van der Waals surface area contributed by atoms with Crippen molar-refractivity contribution in [2.45, 2.75) is 47.1 Å². The summed E-state index contributed by atoms with van der Waals surface area (Å²) in [6.07, 6.45) is 0.0806. The van der Waals surface area contributed by atoms with Gasteiger partial charge in [0.2, 0.25) is 0 Å². The molecule has 0 spiro atoms. The number of hydrogen-bond donors (Lipinski definition) is 0. The highest BCUT2D eigenvalue weighted by Crippen LogP contribution is 2.15. The number of methoxy groups -OCH3 is 1. The van der Waals surface area contributed by atoms with Gasteiger partial charge in [0.25, 0.3) is 0 Å². The van der Waals surface area contributed by atoms with Crippen molar-refractivity contribution < 1.29 is 31.2 Å². The van der Waals surface area contributed by atoms with Crippen LogP contribution in [-0.4, -0.2) is 51.0 Å². The van der Waals surface area contributed by atoms with E-state index in [0.717, 1.165) is 24.1 Å². The molecule has 0 saturated heterocycles. The van der Waals surface area contributed by atoms with Gasteiger partial charge in [-0.25, -0.2) is 0 Å². The third-order valence-electron chi connectivity index (χ3n) is 3.38. The Morgan fingerprint density at radius 3 is 1.47 bits per heavy atom. The molecule has 8 heteroatoms. The van der Waals surface area contributed by atoms with Crippen molar-refractivity contribution in [2.24, 2.45) is 0 Å². The van der Waals surface area contributed by atoms with Gasteiger partial charge in [-0.3, -0.25) is 4.48 Å². The molecule has 2 unspecified atom stereocenters. The number of halogens is 4. The molecular formula is C11H26BF4NO2. The molecule has 0 aromatic heterocycles. The van der Waals surface area contributed by atoms with Crippen molar-refractivity contribution in [3.05, 3.63) is 0 Å². The van der Waals surface area contributed by atoms with Crippen LogP contribution in [0.5, 0.6) is 0 Å². The van der Waals surface area contributed by atoms with E-state index in [0.29, 0.717) is 0 Å². The lowest BCUT2D eigenvalue weighted by molar-refractivity contribution is -0.967. The Morgan fingerprint density at radius 1 is 0.947 bits per heavy atom.